The third-order valence-electron chi connectivity index (χ3n) is 4.43. The molecule has 0 aromatic carbocycles. The number of ether oxygens (including phenoxy) is 1. The quantitative estimate of drug-likeness (QED) is 0.599. The first kappa shape index (κ1) is 17.3. The summed E-state index contributed by atoms with van der Waals surface area (Å²) in [5.74, 6) is 0.0351. The Labute approximate surface area is 145 Å². The number of pyridine rings is 1. The Hall–Kier alpha value is -2.55. The summed E-state index contributed by atoms with van der Waals surface area (Å²) in [6.07, 6.45) is 3.90. The summed E-state index contributed by atoms with van der Waals surface area (Å²) in [6, 6.07) is 3.17. The van der Waals surface area contributed by atoms with Gasteiger partial charge in [-0.25, -0.2) is 10.1 Å². The number of guanidine groups is 1. The number of hydrogen-bond acceptors (Lipinski definition) is 5. The Kier molecular flexibility index (Phi) is 4.67. The van der Waals surface area contributed by atoms with Crippen LogP contribution < -0.4 is 0 Å². The van der Waals surface area contributed by atoms with Gasteiger partial charge >= 0.3 is 0 Å². The number of amides is 1. The van der Waals surface area contributed by atoms with Crippen LogP contribution in [-0.2, 0) is 4.74 Å². The van der Waals surface area contributed by atoms with Crippen LogP contribution in [0.5, 0.6) is 0 Å². The van der Waals surface area contributed by atoms with Crippen molar-refractivity contribution in [3.63, 3.8) is 0 Å². The highest BCUT2D eigenvalue weighted by molar-refractivity contribution is 6.06. The van der Waals surface area contributed by atoms with Gasteiger partial charge in [0.05, 0.1) is 12.2 Å². The van der Waals surface area contributed by atoms with E-state index in [0.29, 0.717) is 31.8 Å². The van der Waals surface area contributed by atoms with E-state index < -0.39 is 5.03 Å². The predicted octanol–water partition coefficient (Wildman–Crippen LogP) is 1.20. The summed E-state index contributed by atoms with van der Waals surface area (Å²) >= 11 is 0. The van der Waals surface area contributed by atoms with Crippen molar-refractivity contribution in [3.8, 4) is 0 Å². The van der Waals surface area contributed by atoms with Crippen molar-refractivity contribution >= 4 is 11.9 Å². The molecule has 0 spiro atoms. The lowest BCUT2D eigenvalue weighted by atomic mass is 9.97. The van der Waals surface area contributed by atoms with Crippen molar-refractivity contribution in [2.45, 2.75) is 25.9 Å². The molecule has 1 unspecified atom stereocenters. The van der Waals surface area contributed by atoms with Gasteiger partial charge in [0, 0.05) is 43.5 Å². The highest BCUT2D eigenvalue weighted by Gasteiger charge is 2.39. The minimum atomic E-state index is -0.754. The third kappa shape index (κ3) is 3.93. The molecule has 1 amide bonds. The van der Waals surface area contributed by atoms with Crippen molar-refractivity contribution in [3.05, 3.63) is 40.2 Å². The molecular formula is C16H21N5O4. The summed E-state index contributed by atoms with van der Waals surface area (Å²) in [6.45, 7) is 6.12. The lowest BCUT2D eigenvalue weighted by molar-refractivity contribution is -0.486. The maximum atomic E-state index is 12.7. The van der Waals surface area contributed by atoms with Gasteiger partial charge in [-0.3, -0.25) is 14.7 Å². The first-order valence-corrected chi connectivity index (χ1v) is 8.19. The number of carbonyl (C=O) groups is 1. The summed E-state index contributed by atoms with van der Waals surface area (Å²) in [5.41, 5.74) is 0.246. The normalized spacial score (nSPS) is 24.1. The Bertz CT molecular complexity index is 691. The van der Waals surface area contributed by atoms with E-state index in [1.54, 1.807) is 17.0 Å². The molecule has 0 radical (unpaired) electrons. The van der Waals surface area contributed by atoms with Gasteiger partial charge in [0.25, 0.3) is 11.9 Å². The predicted molar refractivity (Wildman–Crippen MR) is 89.4 cm³/mol. The van der Waals surface area contributed by atoms with E-state index in [0.717, 1.165) is 6.42 Å². The van der Waals surface area contributed by atoms with Gasteiger partial charge in [0.15, 0.2) is 5.03 Å². The highest BCUT2D eigenvalue weighted by Crippen LogP contribution is 2.30. The van der Waals surface area contributed by atoms with Crippen LogP contribution in [0.25, 0.3) is 0 Å². The fourth-order valence-corrected chi connectivity index (χ4v) is 3.38. The van der Waals surface area contributed by atoms with Crippen LogP contribution in [0.3, 0.4) is 0 Å². The first-order valence-electron chi connectivity index (χ1n) is 8.19. The van der Waals surface area contributed by atoms with Crippen LogP contribution in [0.15, 0.2) is 29.6 Å². The smallest absolute Gasteiger partial charge is 0.281 e. The zero-order valence-corrected chi connectivity index (χ0v) is 14.3. The molecule has 2 fully saturated rings. The van der Waals surface area contributed by atoms with E-state index in [2.05, 4.69) is 10.1 Å². The Morgan fingerprint density at radius 2 is 2.16 bits per heavy atom. The summed E-state index contributed by atoms with van der Waals surface area (Å²) in [7, 11) is 0. The molecule has 0 N–H and O–H groups in total. The lowest BCUT2D eigenvalue weighted by Crippen LogP contribution is -2.40. The maximum absolute atomic E-state index is 12.7. The van der Waals surface area contributed by atoms with Gasteiger partial charge in [-0.1, -0.05) is 0 Å². The fraction of sp³-hybridized carbons (Fsp3) is 0.562. The van der Waals surface area contributed by atoms with E-state index in [9.17, 15) is 14.9 Å². The van der Waals surface area contributed by atoms with E-state index in [4.69, 9.17) is 4.74 Å². The molecule has 1 aromatic heterocycles. The summed E-state index contributed by atoms with van der Waals surface area (Å²) < 4.78 is 5.74. The zero-order valence-electron chi connectivity index (χ0n) is 14.3. The van der Waals surface area contributed by atoms with E-state index in [1.165, 1.54) is 17.3 Å². The fourth-order valence-electron chi connectivity index (χ4n) is 3.38. The van der Waals surface area contributed by atoms with Crippen molar-refractivity contribution in [2.75, 3.05) is 26.2 Å². The molecule has 2 aliphatic rings. The number of nitro groups is 1. The van der Waals surface area contributed by atoms with Gasteiger partial charge in [-0.2, -0.15) is 0 Å². The van der Waals surface area contributed by atoms with Crippen molar-refractivity contribution < 1.29 is 14.6 Å². The van der Waals surface area contributed by atoms with Crippen LogP contribution >= 0.6 is 0 Å². The second-order valence-corrected chi connectivity index (χ2v) is 6.92. The zero-order chi connectivity index (χ0) is 18.0. The Balaban J connectivity index is 1.77. The molecule has 0 aliphatic carbocycles. The molecule has 3 heterocycles. The number of hydrogen-bond donors (Lipinski definition) is 0. The van der Waals surface area contributed by atoms with E-state index in [-0.39, 0.29) is 23.4 Å². The second kappa shape index (κ2) is 6.75. The summed E-state index contributed by atoms with van der Waals surface area (Å²) in [5, 5.41) is 13.7. The van der Waals surface area contributed by atoms with Crippen LogP contribution in [0, 0.1) is 16.0 Å². The van der Waals surface area contributed by atoms with Gasteiger partial charge in [-0.05, 0) is 32.4 Å². The minimum absolute atomic E-state index is 0.0940. The van der Waals surface area contributed by atoms with Gasteiger partial charge < -0.3 is 9.64 Å². The molecule has 1 aromatic rings. The number of aromatic nitrogens is 1. The lowest BCUT2D eigenvalue weighted by Gasteiger charge is -2.22. The highest BCUT2D eigenvalue weighted by atomic mass is 16.7. The average molecular weight is 347 g/mol. The van der Waals surface area contributed by atoms with Crippen LogP contribution in [0.4, 0.5) is 0 Å². The molecule has 134 valence electrons. The van der Waals surface area contributed by atoms with Crippen molar-refractivity contribution in [1.29, 1.82) is 0 Å². The van der Waals surface area contributed by atoms with Crippen LogP contribution in [0.1, 0.15) is 30.6 Å². The Morgan fingerprint density at radius 1 is 1.44 bits per heavy atom. The monoisotopic (exact) mass is 347 g/mol. The standard InChI is InChI=1S/C16H21N5O4/c1-16(2)9-12(11-25-16)10-19-7-8-20(15(19)18-21(23)24)14(22)13-3-5-17-6-4-13/h3-6,12H,7-11H2,1-2H3. The molecule has 0 saturated carbocycles. The number of hydrazone groups is 1. The van der Waals surface area contributed by atoms with Crippen LogP contribution in [-0.4, -0.2) is 63.5 Å². The molecule has 0 bridgehead atoms. The van der Waals surface area contributed by atoms with E-state index >= 15 is 0 Å². The molecule has 3 rings (SSSR count). The van der Waals surface area contributed by atoms with Crippen molar-refractivity contribution in [2.24, 2.45) is 11.0 Å². The molecule has 2 aliphatic heterocycles. The first-order chi connectivity index (χ1) is 11.9. The van der Waals surface area contributed by atoms with Crippen LogP contribution in [0.2, 0.25) is 0 Å². The van der Waals surface area contributed by atoms with E-state index in [1.807, 2.05) is 13.8 Å². The van der Waals surface area contributed by atoms with Crippen molar-refractivity contribution in [1.82, 2.24) is 14.8 Å². The molecular weight excluding hydrogens is 326 g/mol. The number of nitrogens with zero attached hydrogens (tertiary/aromatic N) is 5. The maximum Gasteiger partial charge on any atom is 0.281 e. The molecule has 1 atom stereocenters. The average Bonchev–Trinajstić information content (AvgIpc) is 3.11. The van der Waals surface area contributed by atoms with Gasteiger partial charge in [0.1, 0.15) is 5.10 Å². The second-order valence-electron chi connectivity index (χ2n) is 6.92. The SMILES string of the molecule is CC1(C)CC(CN2CCN(C(=O)c3ccncc3)C2=N[N+](=O)[O-])CO1. The largest absolute Gasteiger partial charge is 0.375 e. The summed E-state index contributed by atoms with van der Waals surface area (Å²) in [4.78, 5) is 30.7. The third-order valence-corrected chi connectivity index (χ3v) is 4.43. The van der Waals surface area contributed by atoms with Gasteiger partial charge in [-0.15, -0.1) is 0 Å². The molecule has 9 nitrogen and oxygen atoms in total. The Morgan fingerprint density at radius 3 is 2.76 bits per heavy atom. The molecule has 9 heteroatoms. The van der Waals surface area contributed by atoms with Gasteiger partial charge in [0.2, 0.25) is 0 Å². The molecule has 2 saturated heterocycles. The topological polar surface area (TPSA) is 101 Å². The number of carbonyl (C=O) groups excluding carboxylic acids is 1. The minimum Gasteiger partial charge on any atom is -0.375 e. The molecule has 25 heavy (non-hydrogen) atoms. The number of rotatable bonds is 4.